The average Bonchev–Trinajstić information content (AvgIpc) is 3.60. The summed E-state index contributed by atoms with van der Waals surface area (Å²) in [6.45, 7) is 1.92. The number of imide groups is 1. The summed E-state index contributed by atoms with van der Waals surface area (Å²) in [6, 6.07) is 12.2. The highest BCUT2D eigenvalue weighted by molar-refractivity contribution is 6.22. The van der Waals surface area contributed by atoms with Crippen LogP contribution in [0.25, 0.3) is 11.3 Å². The molecule has 3 aliphatic rings. The van der Waals surface area contributed by atoms with Gasteiger partial charge < -0.3 is 14.6 Å². The molecule has 4 heterocycles. The maximum absolute atomic E-state index is 12.9. The van der Waals surface area contributed by atoms with Crippen LogP contribution in [0.2, 0.25) is 0 Å². The SMILES string of the molecule is O=C(Nc1ccc(-c2cn3c(n2)CCCC3)cc1)c1ccc2c(c1)C(=O)N(CC1CCCO1)C2=O. The van der Waals surface area contributed by atoms with Gasteiger partial charge in [0.2, 0.25) is 0 Å². The molecule has 0 bridgehead atoms. The molecule has 0 radical (unpaired) electrons. The Bertz CT molecular complexity index is 1300. The van der Waals surface area contributed by atoms with Crippen LogP contribution in [0.4, 0.5) is 5.69 Å². The van der Waals surface area contributed by atoms with Gasteiger partial charge in [-0.1, -0.05) is 12.1 Å². The molecule has 1 saturated heterocycles. The van der Waals surface area contributed by atoms with E-state index in [0.29, 0.717) is 23.4 Å². The van der Waals surface area contributed by atoms with Crippen molar-refractivity contribution in [3.05, 3.63) is 71.2 Å². The van der Waals surface area contributed by atoms with Crippen molar-refractivity contribution in [1.82, 2.24) is 14.5 Å². The summed E-state index contributed by atoms with van der Waals surface area (Å²) in [5, 5.41) is 2.88. The lowest BCUT2D eigenvalue weighted by Crippen LogP contribution is -2.36. The topological polar surface area (TPSA) is 93.5 Å². The van der Waals surface area contributed by atoms with Crippen LogP contribution in [0.15, 0.2) is 48.7 Å². The Hall–Kier alpha value is -3.78. The fraction of sp³-hybridized carbons (Fsp3) is 0.333. The van der Waals surface area contributed by atoms with Crippen LogP contribution < -0.4 is 5.32 Å². The van der Waals surface area contributed by atoms with Gasteiger partial charge in [0, 0.05) is 42.6 Å². The highest BCUT2D eigenvalue weighted by Crippen LogP contribution is 2.27. The Labute approximate surface area is 202 Å². The number of rotatable bonds is 5. The van der Waals surface area contributed by atoms with Crippen LogP contribution in [0.1, 0.15) is 62.6 Å². The Morgan fingerprint density at radius 1 is 1.03 bits per heavy atom. The second-order valence-corrected chi connectivity index (χ2v) is 9.34. The predicted molar refractivity (Wildman–Crippen MR) is 129 cm³/mol. The van der Waals surface area contributed by atoms with Crippen molar-refractivity contribution < 1.29 is 19.1 Å². The largest absolute Gasteiger partial charge is 0.376 e. The summed E-state index contributed by atoms with van der Waals surface area (Å²) in [6.07, 6.45) is 7.12. The third kappa shape index (κ3) is 4.04. The highest BCUT2D eigenvalue weighted by Gasteiger charge is 2.38. The van der Waals surface area contributed by atoms with Gasteiger partial charge in [0.15, 0.2) is 0 Å². The molecule has 1 unspecified atom stereocenters. The Morgan fingerprint density at radius 3 is 2.63 bits per heavy atom. The number of aryl methyl sites for hydroxylation is 2. The first-order valence-corrected chi connectivity index (χ1v) is 12.2. The summed E-state index contributed by atoms with van der Waals surface area (Å²) in [5.74, 6) is 0.0877. The minimum Gasteiger partial charge on any atom is -0.376 e. The minimum atomic E-state index is -0.373. The summed E-state index contributed by atoms with van der Waals surface area (Å²) >= 11 is 0. The molecule has 3 aromatic rings. The molecule has 3 aliphatic heterocycles. The normalized spacial score (nSPS) is 19.1. The molecule has 2 aromatic carbocycles. The maximum Gasteiger partial charge on any atom is 0.261 e. The number of ether oxygens (including phenoxy) is 1. The summed E-state index contributed by atoms with van der Waals surface area (Å²) < 4.78 is 7.80. The second kappa shape index (κ2) is 8.78. The van der Waals surface area contributed by atoms with E-state index < -0.39 is 0 Å². The van der Waals surface area contributed by atoms with E-state index in [1.807, 2.05) is 24.3 Å². The number of hydrogen-bond acceptors (Lipinski definition) is 5. The first kappa shape index (κ1) is 21.7. The van der Waals surface area contributed by atoms with Gasteiger partial charge in [-0.25, -0.2) is 4.98 Å². The van der Waals surface area contributed by atoms with Gasteiger partial charge in [0.1, 0.15) is 5.82 Å². The number of amides is 3. The van der Waals surface area contributed by atoms with Gasteiger partial charge in [-0.05, 0) is 56.0 Å². The highest BCUT2D eigenvalue weighted by atomic mass is 16.5. The molecule has 1 fully saturated rings. The van der Waals surface area contributed by atoms with Crippen molar-refractivity contribution in [2.75, 3.05) is 18.5 Å². The number of hydrogen-bond donors (Lipinski definition) is 1. The third-order valence-electron chi connectivity index (χ3n) is 6.99. The second-order valence-electron chi connectivity index (χ2n) is 9.34. The molecule has 35 heavy (non-hydrogen) atoms. The molecule has 1 N–H and O–H groups in total. The van der Waals surface area contributed by atoms with Gasteiger partial charge in [0.05, 0.1) is 29.5 Å². The van der Waals surface area contributed by atoms with E-state index in [9.17, 15) is 14.4 Å². The number of fused-ring (bicyclic) bond motifs is 2. The van der Waals surface area contributed by atoms with Gasteiger partial charge in [-0.3, -0.25) is 19.3 Å². The fourth-order valence-electron chi connectivity index (χ4n) is 5.07. The maximum atomic E-state index is 12.9. The first-order valence-electron chi connectivity index (χ1n) is 12.2. The van der Waals surface area contributed by atoms with E-state index in [2.05, 4.69) is 16.1 Å². The quantitative estimate of drug-likeness (QED) is 0.571. The number of nitrogens with zero attached hydrogens (tertiary/aromatic N) is 3. The van der Waals surface area contributed by atoms with Crippen molar-refractivity contribution in [3.63, 3.8) is 0 Å². The minimum absolute atomic E-state index is 0.115. The van der Waals surface area contributed by atoms with E-state index in [0.717, 1.165) is 42.9 Å². The summed E-state index contributed by atoms with van der Waals surface area (Å²) in [5.41, 5.74) is 3.50. The van der Waals surface area contributed by atoms with Crippen molar-refractivity contribution in [3.8, 4) is 11.3 Å². The molecule has 3 amide bonds. The Morgan fingerprint density at radius 2 is 1.86 bits per heavy atom. The Balaban J connectivity index is 1.15. The number of benzene rings is 2. The Kier molecular flexibility index (Phi) is 5.45. The van der Waals surface area contributed by atoms with Crippen LogP contribution in [-0.4, -0.2) is 51.4 Å². The van der Waals surface area contributed by atoms with Gasteiger partial charge >= 0.3 is 0 Å². The average molecular weight is 471 g/mol. The zero-order chi connectivity index (χ0) is 23.9. The van der Waals surface area contributed by atoms with Crippen molar-refractivity contribution in [1.29, 1.82) is 0 Å². The molecule has 8 nitrogen and oxygen atoms in total. The lowest BCUT2D eigenvalue weighted by Gasteiger charge is -2.17. The van der Waals surface area contributed by atoms with Gasteiger partial charge in [-0.15, -0.1) is 0 Å². The fourth-order valence-corrected chi connectivity index (χ4v) is 5.07. The molecular formula is C27H26N4O4. The van der Waals surface area contributed by atoms with E-state index >= 15 is 0 Å². The van der Waals surface area contributed by atoms with E-state index in [1.54, 1.807) is 12.1 Å². The molecule has 0 saturated carbocycles. The van der Waals surface area contributed by atoms with Crippen molar-refractivity contribution in [2.24, 2.45) is 0 Å². The summed E-state index contributed by atoms with van der Waals surface area (Å²) in [4.78, 5) is 44.5. The standard InChI is InChI=1S/C27H26N4O4/c32-25(28-19-9-6-17(7-10-19)23-16-30-12-2-1-5-24(30)29-23)18-8-11-21-22(14-18)27(34)31(26(21)33)15-20-4-3-13-35-20/h6-11,14,16,20H,1-5,12-13,15H2,(H,28,32). The zero-order valence-electron chi connectivity index (χ0n) is 19.3. The molecule has 1 atom stereocenters. The van der Waals surface area contributed by atoms with Crippen LogP contribution in [0.5, 0.6) is 0 Å². The van der Waals surface area contributed by atoms with E-state index in [-0.39, 0.29) is 35.9 Å². The zero-order valence-corrected chi connectivity index (χ0v) is 19.3. The molecular weight excluding hydrogens is 444 g/mol. The molecule has 0 spiro atoms. The number of aromatic nitrogens is 2. The number of nitrogens with one attached hydrogen (secondary N) is 1. The van der Waals surface area contributed by atoms with Crippen molar-refractivity contribution in [2.45, 2.75) is 44.8 Å². The van der Waals surface area contributed by atoms with E-state index in [1.165, 1.54) is 23.8 Å². The molecule has 1 aromatic heterocycles. The van der Waals surface area contributed by atoms with Crippen LogP contribution in [0, 0.1) is 0 Å². The van der Waals surface area contributed by atoms with Gasteiger partial charge in [-0.2, -0.15) is 0 Å². The smallest absolute Gasteiger partial charge is 0.261 e. The van der Waals surface area contributed by atoms with Crippen LogP contribution >= 0.6 is 0 Å². The third-order valence-corrected chi connectivity index (χ3v) is 6.99. The lowest BCUT2D eigenvalue weighted by atomic mass is 10.1. The molecule has 0 aliphatic carbocycles. The van der Waals surface area contributed by atoms with Gasteiger partial charge in [0.25, 0.3) is 17.7 Å². The molecule has 8 heteroatoms. The molecule has 6 rings (SSSR count). The number of imidazole rings is 1. The lowest BCUT2D eigenvalue weighted by molar-refractivity contribution is 0.0475. The molecule has 178 valence electrons. The number of carbonyl (C=O) groups is 3. The van der Waals surface area contributed by atoms with Crippen LogP contribution in [-0.2, 0) is 17.7 Å². The number of anilines is 1. The van der Waals surface area contributed by atoms with Crippen molar-refractivity contribution >= 4 is 23.4 Å². The summed E-state index contributed by atoms with van der Waals surface area (Å²) in [7, 11) is 0. The van der Waals surface area contributed by atoms with Crippen LogP contribution in [0.3, 0.4) is 0 Å². The van der Waals surface area contributed by atoms with E-state index in [4.69, 9.17) is 9.72 Å². The predicted octanol–water partition coefficient (Wildman–Crippen LogP) is 3.91. The first-order chi connectivity index (χ1) is 17.1. The number of carbonyl (C=O) groups excluding carboxylic acids is 3. The monoisotopic (exact) mass is 470 g/mol.